The number of hydrogen-bond acceptors (Lipinski definition) is 2. The summed E-state index contributed by atoms with van der Waals surface area (Å²) in [6.07, 6.45) is 0. The van der Waals surface area contributed by atoms with E-state index in [1.807, 2.05) is 27.7 Å². The summed E-state index contributed by atoms with van der Waals surface area (Å²) in [6, 6.07) is 2.66. The zero-order valence-corrected chi connectivity index (χ0v) is 13.0. The molecule has 0 unspecified atom stereocenters. The molecule has 18 heavy (non-hydrogen) atoms. The van der Waals surface area contributed by atoms with Crippen LogP contribution >= 0.6 is 22.6 Å². The van der Waals surface area contributed by atoms with Crippen molar-refractivity contribution in [2.24, 2.45) is 0 Å². The summed E-state index contributed by atoms with van der Waals surface area (Å²) in [5, 5.41) is 9.71. The summed E-state index contributed by atoms with van der Waals surface area (Å²) in [7, 11) is 0. The van der Waals surface area contributed by atoms with Crippen molar-refractivity contribution >= 4 is 28.5 Å². The highest BCUT2D eigenvalue weighted by Gasteiger charge is 2.27. The Morgan fingerprint density at radius 1 is 1.28 bits per heavy atom. The van der Waals surface area contributed by atoms with Gasteiger partial charge in [-0.2, -0.15) is 0 Å². The van der Waals surface area contributed by atoms with Gasteiger partial charge in [0.15, 0.2) is 5.82 Å². The summed E-state index contributed by atoms with van der Waals surface area (Å²) in [6.45, 7) is 7.45. The van der Waals surface area contributed by atoms with Crippen LogP contribution in [0.4, 0.5) is 4.39 Å². The highest BCUT2D eigenvalue weighted by Crippen LogP contribution is 2.27. The molecule has 0 aliphatic rings. The van der Waals surface area contributed by atoms with Gasteiger partial charge in [-0.15, -0.1) is 0 Å². The van der Waals surface area contributed by atoms with Crippen LogP contribution in [0.2, 0.25) is 0 Å². The second-order valence-corrected chi connectivity index (χ2v) is 5.82. The van der Waals surface area contributed by atoms with Crippen LogP contribution in [0.25, 0.3) is 0 Å². The fourth-order valence-electron chi connectivity index (χ4n) is 1.94. The number of carbonyl (C=O) groups is 1. The molecule has 0 radical (unpaired) electrons. The molecule has 0 atom stereocenters. The second-order valence-electron chi connectivity index (χ2n) is 4.66. The number of hydrogen-bond donors (Lipinski definition) is 1. The largest absolute Gasteiger partial charge is 0.507 e. The van der Waals surface area contributed by atoms with Gasteiger partial charge in [0.1, 0.15) is 11.3 Å². The number of amides is 1. The lowest BCUT2D eigenvalue weighted by molar-refractivity contribution is 0.0635. The molecule has 0 fully saturated rings. The normalized spacial score (nSPS) is 11.1. The van der Waals surface area contributed by atoms with Crippen molar-refractivity contribution in [3.8, 4) is 5.75 Å². The fraction of sp³-hybridized carbons (Fsp3) is 0.462. The number of phenolic OH excluding ortho intramolecular Hbond substituents is 1. The number of benzene rings is 1. The molecule has 0 aliphatic carbocycles. The van der Waals surface area contributed by atoms with E-state index in [0.717, 1.165) is 0 Å². The zero-order valence-electron chi connectivity index (χ0n) is 10.9. The molecule has 0 spiro atoms. The monoisotopic (exact) mass is 365 g/mol. The lowest BCUT2D eigenvalue weighted by Gasteiger charge is -2.31. The van der Waals surface area contributed by atoms with E-state index in [2.05, 4.69) is 0 Å². The van der Waals surface area contributed by atoms with Crippen molar-refractivity contribution in [3.63, 3.8) is 0 Å². The summed E-state index contributed by atoms with van der Waals surface area (Å²) in [4.78, 5) is 13.9. The zero-order chi connectivity index (χ0) is 14.0. The first kappa shape index (κ1) is 15.2. The third-order valence-electron chi connectivity index (χ3n) is 2.63. The number of rotatable bonds is 3. The van der Waals surface area contributed by atoms with Crippen molar-refractivity contribution in [1.29, 1.82) is 0 Å². The van der Waals surface area contributed by atoms with Crippen LogP contribution in [0.5, 0.6) is 5.75 Å². The molecular formula is C13H17FINO2. The predicted molar refractivity (Wildman–Crippen MR) is 77.2 cm³/mol. The van der Waals surface area contributed by atoms with Crippen molar-refractivity contribution in [3.05, 3.63) is 27.1 Å². The van der Waals surface area contributed by atoms with Gasteiger partial charge in [-0.05, 0) is 62.4 Å². The van der Waals surface area contributed by atoms with Gasteiger partial charge in [0, 0.05) is 15.7 Å². The molecule has 1 rings (SSSR count). The second kappa shape index (κ2) is 5.86. The number of nitrogens with zero attached hydrogens (tertiary/aromatic N) is 1. The number of phenols is 1. The van der Waals surface area contributed by atoms with Crippen molar-refractivity contribution in [1.82, 2.24) is 4.90 Å². The lowest BCUT2D eigenvalue weighted by Crippen LogP contribution is -2.42. The van der Waals surface area contributed by atoms with Crippen LogP contribution in [0.15, 0.2) is 12.1 Å². The third kappa shape index (κ3) is 2.93. The minimum atomic E-state index is -0.660. The van der Waals surface area contributed by atoms with Crippen LogP contribution < -0.4 is 0 Å². The van der Waals surface area contributed by atoms with Crippen molar-refractivity contribution in [2.75, 3.05) is 0 Å². The number of halogens is 2. The number of aromatic hydroxyl groups is 1. The van der Waals surface area contributed by atoms with Gasteiger partial charge in [-0.25, -0.2) is 4.39 Å². The SMILES string of the molecule is CC(C)N(C(=O)c1c(O)ccc(I)c1F)C(C)C. The quantitative estimate of drug-likeness (QED) is 0.835. The van der Waals surface area contributed by atoms with Crippen LogP contribution in [0.3, 0.4) is 0 Å². The van der Waals surface area contributed by atoms with E-state index in [9.17, 15) is 14.3 Å². The van der Waals surface area contributed by atoms with Crippen LogP contribution in [0, 0.1) is 9.39 Å². The molecule has 1 N–H and O–H groups in total. The first-order valence-electron chi connectivity index (χ1n) is 5.77. The van der Waals surface area contributed by atoms with E-state index in [-0.39, 0.29) is 23.4 Å². The topological polar surface area (TPSA) is 40.5 Å². The van der Waals surface area contributed by atoms with Gasteiger partial charge in [-0.1, -0.05) is 0 Å². The Bertz CT molecular complexity index is 453. The lowest BCUT2D eigenvalue weighted by atomic mass is 10.1. The minimum absolute atomic E-state index is 0.0610. The van der Waals surface area contributed by atoms with E-state index in [1.165, 1.54) is 12.1 Å². The number of carbonyl (C=O) groups excluding carboxylic acids is 1. The summed E-state index contributed by atoms with van der Waals surface area (Å²) in [5.74, 6) is -1.45. The highest BCUT2D eigenvalue weighted by molar-refractivity contribution is 14.1. The Balaban J connectivity index is 3.29. The Kier molecular flexibility index (Phi) is 4.95. The Morgan fingerprint density at radius 2 is 1.78 bits per heavy atom. The van der Waals surface area contributed by atoms with Crippen LogP contribution in [-0.4, -0.2) is 28.0 Å². The summed E-state index contributed by atoms with van der Waals surface area (Å²) < 4.78 is 14.3. The maximum absolute atomic E-state index is 14.0. The molecule has 1 aromatic carbocycles. The van der Waals surface area contributed by atoms with Crippen LogP contribution in [0.1, 0.15) is 38.1 Å². The van der Waals surface area contributed by atoms with Gasteiger partial charge in [0.05, 0.1) is 0 Å². The summed E-state index contributed by atoms with van der Waals surface area (Å²) >= 11 is 1.80. The Morgan fingerprint density at radius 3 is 2.22 bits per heavy atom. The molecule has 1 amide bonds. The first-order valence-corrected chi connectivity index (χ1v) is 6.84. The Hall–Kier alpha value is -0.850. The van der Waals surface area contributed by atoms with E-state index in [1.54, 1.807) is 27.5 Å². The highest BCUT2D eigenvalue weighted by atomic mass is 127. The molecule has 100 valence electrons. The third-order valence-corrected chi connectivity index (χ3v) is 3.47. The van der Waals surface area contributed by atoms with E-state index < -0.39 is 11.7 Å². The van der Waals surface area contributed by atoms with Gasteiger partial charge < -0.3 is 10.0 Å². The molecule has 0 saturated heterocycles. The molecule has 3 nitrogen and oxygen atoms in total. The molecule has 5 heteroatoms. The molecule has 0 saturated carbocycles. The molecule has 1 aromatic rings. The molecule has 0 aromatic heterocycles. The fourth-order valence-corrected chi connectivity index (χ4v) is 2.39. The van der Waals surface area contributed by atoms with E-state index in [4.69, 9.17) is 0 Å². The maximum Gasteiger partial charge on any atom is 0.261 e. The smallest absolute Gasteiger partial charge is 0.261 e. The van der Waals surface area contributed by atoms with E-state index in [0.29, 0.717) is 3.57 Å². The van der Waals surface area contributed by atoms with Gasteiger partial charge in [0.2, 0.25) is 0 Å². The molecule has 0 heterocycles. The minimum Gasteiger partial charge on any atom is -0.507 e. The first-order chi connectivity index (χ1) is 8.27. The van der Waals surface area contributed by atoms with E-state index >= 15 is 0 Å². The molecule has 0 aliphatic heterocycles. The Labute approximate surface area is 120 Å². The van der Waals surface area contributed by atoms with Gasteiger partial charge >= 0.3 is 0 Å². The van der Waals surface area contributed by atoms with Gasteiger partial charge in [-0.3, -0.25) is 4.79 Å². The molecule has 0 bridgehead atoms. The van der Waals surface area contributed by atoms with Crippen molar-refractivity contribution < 1.29 is 14.3 Å². The van der Waals surface area contributed by atoms with Crippen molar-refractivity contribution in [2.45, 2.75) is 39.8 Å². The summed E-state index contributed by atoms with van der Waals surface area (Å²) in [5.41, 5.74) is -0.246. The average molecular weight is 365 g/mol. The average Bonchev–Trinajstić information content (AvgIpc) is 2.23. The molecular weight excluding hydrogens is 348 g/mol. The van der Waals surface area contributed by atoms with Crippen LogP contribution in [-0.2, 0) is 0 Å². The predicted octanol–water partition coefficient (Wildman–Crippen LogP) is 3.39. The maximum atomic E-state index is 14.0. The van der Waals surface area contributed by atoms with Gasteiger partial charge in [0.25, 0.3) is 5.91 Å². The standard InChI is InChI=1S/C13H17FINO2/c1-7(2)16(8(3)4)13(18)11-10(17)6-5-9(15)12(11)14/h5-8,17H,1-4H3.